The Hall–Kier alpha value is -6.66. The molecular formula is C42H28N2O4. The van der Waals surface area contributed by atoms with Gasteiger partial charge in [0.25, 0.3) is 0 Å². The van der Waals surface area contributed by atoms with Crippen molar-refractivity contribution in [2.24, 2.45) is 0 Å². The van der Waals surface area contributed by atoms with Gasteiger partial charge >= 0.3 is 11.9 Å². The van der Waals surface area contributed by atoms with E-state index < -0.39 is 11.9 Å². The molecule has 0 aliphatic carbocycles. The van der Waals surface area contributed by atoms with E-state index in [1.54, 1.807) is 48.5 Å². The van der Waals surface area contributed by atoms with Gasteiger partial charge in [-0.05, 0) is 24.3 Å². The zero-order valence-corrected chi connectivity index (χ0v) is 25.7. The Morgan fingerprint density at radius 3 is 0.854 bits per heavy atom. The Morgan fingerprint density at radius 2 is 0.604 bits per heavy atom. The summed E-state index contributed by atoms with van der Waals surface area (Å²) in [5, 5.41) is 0. The average molecular weight is 625 g/mol. The molecular weight excluding hydrogens is 596 g/mol. The summed E-state index contributed by atoms with van der Waals surface area (Å²) in [6.45, 7) is 0. The number of benzene rings is 5. The van der Waals surface area contributed by atoms with Crippen LogP contribution in [0.5, 0.6) is 11.5 Å². The molecule has 0 aliphatic heterocycles. The van der Waals surface area contributed by atoms with Gasteiger partial charge in [0, 0.05) is 46.5 Å². The van der Waals surface area contributed by atoms with E-state index in [1.165, 1.54) is 0 Å². The normalized spacial score (nSPS) is 10.7. The van der Waals surface area contributed by atoms with Gasteiger partial charge in [-0.1, -0.05) is 121 Å². The number of pyridine rings is 2. The van der Waals surface area contributed by atoms with Crippen molar-refractivity contribution in [1.82, 2.24) is 9.97 Å². The van der Waals surface area contributed by atoms with Gasteiger partial charge in [0.2, 0.25) is 0 Å². The van der Waals surface area contributed by atoms with Crippen molar-refractivity contribution in [3.8, 4) is 56.5 Å². The van der Waals surface area contributed by atoms with E-state index in [-0.39, 0.29) is 11.1 Å². The molecule has 0 unspecified atom stereocenters. The number of carbonyl (C=O) groups excluding carboxylic acids is 2. The molecule has 7 rings (SSSR count). The first-order valence-corrected chi connectivity index (χ1v) is 15.4. The Kier molecular flexibility index (Phi) is 8.61. The number of hydrogen-bond acceptors (Lipinski definition) is 6. The van der Waals surface area contributed by atoms with Crippen LogP contribution in [-0.4, -0.2) is 21.9 Å². The molecule has 230 valence electrons. The van der Waals surface area contributed by atoms with E-state index in [4.69, 9.17) is 19.4 Å². The van der Waals surface area contributed by atoms with Crippen LogP contribution in [0.1, 0.15) is 20.7 Å². The number of ether oxygens (including phenoxy) is 2. The van der Waals surface area contributed by atoms with Crippen molar-refractivity contribution in [3.05, 3.63) is 181 Å². The van der Waals surface area contributed by atoms with Crippen LogP contribution >= 0.6 is 0 Å². The number of nitrogens with zero attached hydrogens (tertiary/aromatic N) is 2. The number of esters is 2. The third kappa shape index (κ3) is 6.93. The van der Waals surface area contributed by atoms with Gasteiger partial charge in [-0.25, -0.2) is 19.6 Å². The highest BCUT2D eigenvalue weighted by Gasteiger charge is 2.16. The maximum Gasteiger partial charge on any atom is 0.343 e. The fourth-order valence-corrected chi connectivity index (χ4v) is 5.23. The Morgan fingerprint density at radius 1 is 0.354 bits per heavy atom. The minimum atomic E-state index is -0.562. The fraction of sp³-hybridized carbons (Fsp3) is 0. The summed E-state index contributed by atoms with van der Waals surface area (Å²) in [7, 11) is 0. The first kappa shape index (κ1) is 30.0. The van der Waals surface area contributed by atoms with Crippen molar-refractivity contribution in [1.29, 1.82) is 0 Å². The van der Waals surface area contributed by atoms with Crippen LogP contribution in [0, 0.1) is 0 Å². The molecule has 0 N–H and O–H groups in total. The second-order valence-corrected chi connectivity index (χ2v) is 11.0. The van der Waals surface area contributed by atoms with Gasteiger partial charge in [0.05, 0.1) is 33.9 Å². The molecule has 5 aromatic carbocycles. The third-order valence-electron chi connectivity index (χ3n) is 7.65. The van der Waals surface area contributed by atoms with Crippen LogP contribution in [0.4, 0.5) is 0 Å². The van der Waals surface area contributed by atoms with Crippen molar-refractivity contribution in [2.75, 3.05) is 0 Å². The molecule has 6 nitrogen and oxygen atoms in total. The molecule has 0 bridgehead atoms. The maximum atomic E-state index is 13.3. The van der Waals surface area contributed by atoms with Gasteiger partial charge in [-0.3, -0.25) is 0 Å². The Balaban J connectivity index is 1.11. The molecule has 0 amide bonds. The number of rotatable bonds is 8. The Labute approximate surface area is 277 Å². The minimum absolute atomic E-state index is 0.285. The zero-order chi connectivity index (χ0) is 32.7. The largest absolute Gasteiger partial charge is 0.423 e. The summed E-state index contributed by atoms with van der Waals surface area (Å²) in [6.07, 6.45) is 0. The molecule has 0 saturated carbocycles. The molecule has 48 heavy (non-hydrogen) atoms. The minimum Gasteiger partial charge on any atom is -0.423 e. The van der Waals surface area contributed by atoms with E-state index in [0.717, 1.165) is 22.3 Å². The molecule has 0 aliphatic rings. The second kappa shape index (κ2) is 13.8. The molecule has 0 atom stereocenters. The predicted octanol–water partition coefficient (Wildman–Crippen LogP) is 9.58. The summed E-state index contributed by atoms with van der Waals surface area (Å²) in [5.41, 5.74) is 6.89. The summed E-state index contributed by atoms with van der Waals surface area (Å²) < 4.78 is 11.7. The quantitative estimate of drug-likeness (QED) is 0.157. The van der Waals surface area contributed by atoms with Crippen molar-refractivity contribution < 1.29 is 19.1 Å². The lowest BCUT2D eigenvalue weighted by Gasteiger charge is -2.11. The molecule has 2 heterocycles. The van der Waals surface area contributed by atoms with Gasteiger partial charge in [-0.2, -0.15) is 0 Å². The fourth-order valence-electron chi connectivity index (χ4n) is 5.23. The topological polar surface area (TPSA) is 78.4 Å². The smallest absolute Gasteiger partial charge is 0.343 e. The Bertz CT molecular complexity index is 1910. The van der Waals surface area contributed by atoms with E-state index in [1.807, 2.05) is 121 Å². The van der Waals surface area contributed by atoms with Crippen LogP contribution < -0.4 is 9.47 Å². The highest BCUT2D eigenvalue weighted by molar-refractivity contribution is 5.95. The van der Waals surface area contributed by atoms with Gasteiger partial charge in [0.1, 0.15) is 11.5 Å². The first-order chi connectivity index (χ1) is 23.6. The molecule has 0 radical (unpaired) electrons. The van der Waals surface area contributed by atoms with Crippen molar-refractivity contribution in [3.63, 3.8) is 0 Å². The number of carbonyl (C=O) groups is 2. The molecule has 2 aromatic heterocycles. The van der Waals surface area contributed by atoms with E-state index >= 15 is 0 Å². The van der Waals surface area contributed by atoms with Gasteiger partial charge in [0.15, 0.2) is 0 Å². The lowest BCUT2D eigenvalue weighted by Crippen LogP contribution is -2.11. The second-order valence-electron chi connectivity index (χ2n) is 11.0. The van der Waals surface area contributed by atoms with Gasteiger partial charge < -0.3 is 9.47 Å². The molecule has 0 spiro atoms. The molecule has 0 saturated heterocycles. The first-order valence-electron chi connectivity index (χ1n) is 15.4. The summed E-state index contributed by atoms with van der Waals surface area (Å²) >= 11 is 0. The van der Waals surface area contributed by atoms with Crippen molar-refractivity contribution in [2.45, 2.75) is 0 Å². The van der Waals surface area contributed by atoms with Crippen LogP contribution in [0.2, 0.25) is 0 Å². The summed E-state index contributed by atoms with van der Waals surface area (Å²) in [6, 6.07) is 52.0. The number of hydrogen-bond donors (Lipinski definition) is 0. The van der Waals surface area contributed by atoms with E-state index in [2.05, 4.69) is 0 Å². The van der Waals surface area contributed by atoms with Gasteiger partial charge in [-0.15, -0.1) is 0 Å². The maximum absolute atomic E-state index is 13.3. The predicted molar refractivity (Wildman–Crippen MR) is 187 cm³/mol. The van der Waals surface area contributed by atoms with E-state index in [9.17, 15) is 9.59 Å². The van der Waals surface area contributed by atoms with Crippen molar-refractivity contribution >= 4 is 11.9 Å². The highest BCUT2D eigenvalue weighted by atomic mass is 16.5. The summed E-state index contributed by atoms with van der Waals surface area (Å²) in [4.78, 5) is 36.2. The highest BCUT2D eigenvalue weighted by Crippen LogP contribution is 2.30. The molecule has 0 fully saturated rings. The summed E-state index contributed by atoms with van der Waals surface area (Å²) in [5.74, 6) is -0.406. The van der Waals surface area contributed by atoms with E-state index in [0.29, 0.717) is 34.3 Å². The monoisotopic (exact) mass is 624 g/mol. The van der Waals surface area contributed by atoms with Crippen LogP contribution in [0.25, 0.3) is 45.0 Å². The third-order valence-corrected chi connectivity index (χ3v) is 7.65. The standard InChI is InChI=1S/C42H28N2O4/c45-41(47-35-25-37(29-13-5-1-6-14-29)43-38(26-35)30-15-7-2-8-16-30)33-21-23-34(24-22-33)42(46)48-36-27-39(31-17-9-3-10-18-31)44-40(28-36)32-19-11-4-12-20-32/h1-28H. The van der Waals surface area contributed by atoms with Crippen LogP contribution in [0.3, 0.4) is 0 Å². The average Bonchev–Trinajstić information content (AvgIpc) is 3.16. The lowest BCUT2D eigenvalue weighted by atomic mass is 10.1. The molecule has 6 heteroatoms. The number of aromatic nitrogens is 2. The lowest BCUT2D eigenvalue weighted by molar-refractivity contribution is 0.0720. The zero-order valence-electron chi connectivity index (χ0n) is 25.7. The van der Waals surface area contributed by atoms with Crippen LogP contribution in [-0.2, 0) is 0 Å². The SMILES string of the molecule is O=C(Oc1cc(-c2ccccc2)nc(-c2ccccc2)c1)c1ccc(C(=O)Oc2cc(-c3ccccc3)nc(-c3ccccc3)c2)cc1. The van der Waals surface area contributed by atoms with Crippen LogP contribution in [0.15, 0.2) is 170 Å². The molecule has 7 aromatic rings.